The highest BCUT2D eigenvalue weighted by Gasteiger charge is 2.27. The molecule has 20 heavy (non-hydrogen) atoms. The first-order valence-corrected chi connectivity index (χ1v) is 6.77. The fourth-order valence-electron chi connectivity index (χ4n) is 2.35. The minimum Gasteiger partial charge on any atom is -0.508 e. The number of aryl methyl sites for hydroxylation is 1. The SMILES string of the molecule is C/C(C=O)=C\CC[C@@]1(C)C=Cc2cc(O)cc(C)c2O1. The van der Waals surface area contributed by atoms with Gasteiger partial charge in [0, 0.05) is 5.56 Å². The number of carbonyl (C=O) groups excluding carboxylic acids is 1. The molecule has 1 aromatic carbocycles. The summed E-state index contributed by atoms with van der Waals surface area (Å²) in [6.07, 6.45) is 8.38. The summed E-state index contributed by atoms with van der Waals surface area (Å²) in [4.78, 5) is 10.6. The zero-order valence-electron chi connectivity index (χ0n) is 12.1. The monoisotopic (exact) mass is 272 g/mol. The molecule has 1 aliphatic heterocycles. The molecule has 0 saturated heterocycles. The van der Waals surface area contributed by atoms with Crippen LogP contribution in [0.2, 0.25) is 0 Å². The lowest BCUT2D eigenvalue weighted by molar-refractivity contribution is -0.104. The molecular weight excluding hydrogens is 252 g/mol. The van der Waals surface area contributed by atoms with Crippen LogP contribution in [0.3, 0.4) is 0 Å². The minimum atomic E-state index is -0.381. The van der Waals surface area contributed by atoms with E-state index < -0.39 is 0 Å². The predicted molar refractivity (Wildman–Crippen MR) is 80.0 cm³/mol. The first-order chi connectivity index (χ1) is 9.43. The third kappa shape index (κ3) is 3.10. The van der Waals surface area contributed by atoms with Crippen LogP contribution in [0.25, 0.3) is 6.08 Å². The van der Waals surface area contributed by atoms with Gasteiger partial charge >= 0.3 is 0 Å². The largest absolute Gasteiger partial charge is 0.508 e. The topological polar surface area (TPSA) is 46.5 Å². The molecule has 0 fully saturated rings. The summed E-state index contributed by atoms with van der Waals surface area (Å²) in [5, 5.41) is 9.60. The van der Waals surface area contributed by atoms with E-state index in [-0.39, 0.29) is 11.4 Å². The zero-order valence-corrected chi connectivity index (χ0v) is 12.1. The van der Waals surface area contributed by atoms with Crippen LogP contribution in [0.5, 0.6) is 11.5 Å². The van der Waals surface area contributed by atoms with Gasteiger partial charge in [-0.1, -0.05) is 12.2 Å². The van der Waals surface area contributed by atoms with Crippen molar-refractivity contribution in [2.45, 2.75) is 39.2 Å². The lowest BCUT2D eigenvalue weighted by atomic mass is 9.93. The number of hydrogen-bond donors (Lipinski definition) is 1. The first-order valence-electron chi connectivity index (χ1n) is 6.77. The van der Waals surface area contributed by atoms with Crippen molar-refractivity contribution in [3.8, 4) is 11.5 Å². The van der Waals surface area contributed by atoms with Crippen molar-refractivity contribution in [2.24, 2.45) is 0 Å². The molecule has 0 radical (unpaired) electrons. The number of fused-ring (bicyclic) bond motifs is 1. The van der Waals surface area contributed by atoms with Crippen molar-refractivity contribution >= 4 is 12.4 Å². The highest BCUT2D eigenvalue weighted by atomic mass is 16.5. The molecule has 1 heterocycles. The third-order valence-corrected chi connectivity index (χ3v) is 3.53. The molecule has 1 aliphatic rings. The van der Waals surface area contributed by atoms with Crippen LogP contribution >= 0.6 is 0 Å². The lowest BCUT2D eigenvalue weighted by Gasteiger charge is -2.32. The minimum absolute atomic E-state index is 0.252. The van der Waals surface area contributed by atoms with Crippen LogP contribution in [-0.2, 0) is 4.79 Å². The Morgan fingerprint density at radius 1 is 1.45 bits per heavy atom. The van der Waals surface area contributed by atoms with Gasteiger partial charge in [-0.15, -0.1) is 0 Å². The van der Waals surface area contributed by atoms with Gasteiger partial charge in [-0.3, -0.25) is 4.79 Å². The number of benzene rings is 1. The number of aromatic hydroxyl groups is 1. The Morgan fingerprint density at radius 3 is 2.90 bits per heavy atom. The summed E-state index contributed by atoms with van der Waals surface area (Å²) in [6.45, 7) is 5.76. The van der Waals surface area contributed by atoms with E-state index in [1.807, 2.05) is 32.1 Å². The summed E-state index contributed by atoms with van der Waals surface area (Å²) in [7, 11) is 0. The van der Waals surface area contributed by atoms with Crippen LogP contribution in [0.1, 0.15) is 37.8 Å². The molecule has 2 rings (SSSR count). The molecule has 0 aromatic heterocycles. The van der Waals surface area contributed by atoms with Crippen LogP contribution in [0, 0.1) is 6.92 Å². The Morgan fingerprint density at radius 2 is 2.20 bits per heavy atom. The van der Waals surface area contributed by atoms with Gasteiger partial charge in [0.1, 0.15) is 23.4 Å². The zero-order chi connectivity index (χ0) is 14.8. The maximum atomic E-state index is 10.6. The molecular formula is C17H20O3. The molecule has 3 nitrogen and oxygen atoms in total. The first kappa shape index (κ1) is 14.4. The highest BCUT2D eigenvalue weighted by Crippen LogP contribution is 2.38. The predicted octanol–water partition coefficient (Wildman–Crippen LogP) is 3.79. The number of allylic oxidation sites excluding steroid dienone is 2. The molecule has 3 heteroatoms. The van der Waals surface area contributed by atoms with E-state index in [4.69, 9.17) is 4.74 Å². The van der Waals surface area contributed by atoms with Crippen LogP contribution < -0.4 is 4.74 Å². The molecule has 1 N–H and O–H groups in total. The number of carbonyl (C=O) groups is 1. The van der Waals surface area contributed by atoms with Gasteiger partial charge in [0.2, 0.25) is 0 Å². The molecule has 0 unspecified atom stereocenters. The lowest BCUT2D eigenvalue weighted by Crippen LogP contribution is -2.32. The summed E-state index contributed by atoms with van der Waals surface area (Å²) in [6, 6.07) is 3.41. The van der Waals surface area contributed by atoms with Gasteiger partial charge < -0.3 is 9.84 Å². The Hall–Kier alpha value is -2.03. The maximum Gasteiger partial charge on any atom is 0.145 e. The van der Waals surface area contributed by atoms with Crippen molar-refractivity contribution in [1.29, 1.82) is 0 Å². The number of hydrogen-bond acceptors (Lipinski definition) is 3. The van der Waals surface area contributed by atoms with Gasteiger partial charge in [-0.25, -0.2) is 0 Å². The normalized spacial score (nSPS) is 21.2. The van der Waals surface area contributed by atoms with Crippen LogP contribution in [-0.4, -0.2) is 17.0 Å². The third-order valence-electron chi connectivity index (χ3n) is 3.53. The van der Waals surface area contributed by atoms with Gasteiger partial charge in [0.15, 0.2) is 0 Å². The van der Waals surface area contributed by atoms with E-state index in [1.54, 1.807) is 19.1 Å². The molecule has 106 valence electrons. The van der Waals surface area contributed by atoms with E-state index in [9.17, 15) is 9.90 Å². The second-order valence-electron chi connectivity index (χ2n) is 5.53. The second-order valence-corrected chi connectivity index (χ2v) is 5.53. The molecule has 0 saturated carbocycles. The van der Waals surface area contributed by atoms with E-state index in [0.717, 1.165) is 41.6 Å². The van der Waals surface area contributed by atoms with Gasteiger partial charge in [0.05, 0.1) is 0 Å². The van der Waals surface area contributed by atoms with Gasteiger partial charge in [-0.05, 0) is 63.0 Å². The number of rotatable bonds is 4. The van der Waals surface area contributed by atoms with Crippen molar-refractivity contribution < 1.29 is 14.6 Å². The fraction of sp³-hybridized carbons (Fsp3) is 0.353. The molecule has 0 spiro atoms. The maximum absolute atomic E-state index is 10.6. The van der Waals surface area contributed by atoms with Gasteiger partial charge in [0.25, 0.3) is 0 Å². The van der Waals surface area contributed by atoms with Crippen molar-refractivity contribution in [1.82, 2.24) is 0 Å². The van der Waals surface area contributed by atoms with Gasteiger partial charge in [-0.2, -0.15) is 0 Å². The average molecular weight is 272 g/mol. The van der Waals surface area contributed by atoms with E-state index in [2.05, 4.69) is 0 Å². The summed E-state index contributed by atoms with van der Waals surface area (Å²) in [5.74, 6) is 1.08. The quantitative estimate of drug-likeness (QED) is 0.670. The second kappa shape index (κ2) is 5.53. The average Bonchev–Trinajstić information content (AvgIpc) is 2.39. The molecule has 0 amide bonds. The number of aldehydes is 1. The summed E-state index contributed by atoms with van der Waals surface area (Å²) in [5.41, 5.74) is 2.19. The number of ether oxygens (including phenoxy) is 1. The summed E-state index contributed by atoms with van der Waals surface area (Å²) >= 11 is 0. The van der Waals surface area contributed by atoms with Crippen LogP contribution in [0.4, 0.5) is 0 Å². The van der Waals surface area contributed by atoms with Crippen molar-refractivity contribution in [2.75, 3.05) is 0 Å². The number of phenolic OH excluding ortho intramolecular Hbond substituents is 1. The standard InChI is InChI=1S/C17H20O3/c1-12(11-18)5-4-7-17(3)8-6-14-10-15(19)9-13(2)16(14)20-17/h5-6,8-11,19H,4,7H2,1-3H3/b12-5+/t17-/m0/s1. The molecule has 1 atom stereocenters. The Labute approximate surface area is 119 Å². The van der Waals surface area contributed by atoms with E-state index >= 15 is 0 Å². The fourth-order valence-corrected chi connectivity index (χ4v) is 2.35. The Balaban J connectivity index is 2.16. The molecule has 0 bridgehead atoms. The number of phenols is 1. The highest BCUT2D eigenvalue weighted by molar-refractivity contribution is 5.72. The van der Waals surface area contributed by atoms with Crippen molar-refractivity contribution in [3.05, 3.63) is 41.0 Å². The van der Waals surface area contributed by atoms with Crippen LogP contribution in [0.15, 0.2) is 29.9 Å². The Bertz CT molecular complexity index is 584. The van der Waals surface area contributed by atoms with Crippen molar-refractivity contribution in [3.63, 3.8) is 0 Å². The smallest absolute Gasteiger partial charge is 0.145 e. The molecule has 0 aliphatic carbocycles. The molecule has 1 aromatic rings. The van der Waals surface area contributed by atoms with E-state index in [0.29, 0.717) is 0 Å². The summed E-state index contributed by atoms with van der Waals surface area (Å²) < 4.78 is 6.11. The Kier molecular flexibility index (Phi) is 3.98. The van der Waals surface area contributed by atoms with E-state index in [1.165, 1.54) is 0 Å².